The number of anilines is 1. The zero-order valence-corrected chi connectivity index (χ0v) is 23.4. The Kier molecular flexibility index (Phi) is 9.84. The lowest BCUT2D eigenvalue weighted by molar-refractivity contribution is -0.124. The molecule has 4 rings (SSSR count). The average molecular weight is 585 g/mol. The zero-order chi connectivity index (χ0) is 30.9. The van der Waals surface area contributed by atoms with Crippen molar-refractivity contribution in [3.8, 4) is 0 Å². The molecule has 1 aromatic heterocycles. The Balaban J connectivity index is 1.40. The first kappa shape index (κ1) is 30.4. The van der Waals surface area contributed by atoms with Gasteiger partial charge in [-0.3, -0.25) is 29.8 Å². The van der Waals surface area contributed by atoms with Gasteiger partial charge in [0.05, 0.1) is 6.20 Å². The number of carbonyl (C=O) groups is 3. The molecular weight excluding hydrogens is 552 g/mol. The number of hydrogen-bond donors (Lipinski definition) is 4. The fourth-order valence-corrected chi connectivity index (χ4v) is 4.81. The van der Waals surface area contributed by atoms with E-state index in [1.165, 1.54) is 16.8 Å². The number of nitrogens with zero attached hydrogens (tertiary/aromatic N) is 3. The first-order valence-corrected chi connectivity index (χ1v) is 13.5. The van der Waals surface area contributed by atoms with E-state index in [1.54, 1.807) is 30.3 Å². The molecule has 2 atom stereocenters. The second kappa shape index (κ2) is 13.9. The molecule has 3 aromatic rings. The van der Waals surface area contributed by atoms with E-state index < -0.39 is 29.7 Å². The molecule has 222 valence electrons. The van der Waals surface area contributed by atoms with Crippen LogP contribution in [0.1, 0.15) is 47.3 Å². The van der Waals surface area contributed by atoms with Crippen molar-refractivity contribution in [2.75, 3.05) is 11.4 Å². The number of fused-ring (bicyclic) bond motifs is 1. The van der Waals surface area contributed by atoms with E-state index in [4.69, 9.17) is 10.1 Å². The van der Waals surface area contributed by atoms with Gasteiger partial charge in [0.15, 0.2) is 0 Å². The summed E-state index contributed by atoms with van der Waals surface area (Å²) in [5.74, 6) is -0.390. The summed E-state index contributed by atoms with van der Waals surface area (Å²) >= 11 is 0. The molecule has 0 fully saturated rings. The van der Waals surface area contributed by atoms with Crippen LogP contribution in [0.5, 0.6) is 0 Å². The molecule has 4 N–H and O–H groups in total. The Hall–Kier alpha value is -5.52. The van der Waals surface area contributed by atoms with Crippen molar-refractivity contribution >= 4 is 29.6 Å². The summed E-state index contributed by atoms with van der Waals surface area (Å²) in [5, 5.41) is 23.0. The van der Waals surface area contributed by atoms with Crippen LogP contribution in [-0.2, 0) is 22.7 Å². The van der Waals surface area contributed by atoms with Gasteiger partial charge in [-0.25, -0.2) is 14.6 Å². The molecule has 0 aliphatic carbocycles. The molecule has 2 unspecified atom stereocenters. The molecule has 1 aliphatic rings. The highest BCUT2D eigenvalue weighted by Crippen LogP contribution is 2.36. The van der Waals surface area contributed by atoms with E-state index >= 15 is 0 Å². The third-order valence-corrected chi connectivity index (χ3v) is 6.92. The highest BCUT2D eigenvalue weighted by molar-refractivity contribution is 6.04. The van der Waals surface area contributed by atoms with Gasteiger partial charge in [0.1, 0.15) is 30.0 Å². The van der Waals surface area contributed by atoms with Crippen molar-refractivity contribution in [1.29, 1.82) is 5.41 Å². The van der Waals surface area contributed by atoms with Crippen LogP contribution in [0.25, 0.3) is 0 Å². The second-order valence-corrected chi connectivity index (χ2v) is 9.81. The lowest BCUT2D eigenvalue weighted by Crippen LogP contribution is -2.40. The highest BCUT2D eigenvalue weighted by Gasteiger charge is 2.38. The van der Waals surface area contributed by atoms with E-state index in [0.29, 0.717) is 24.2 Å². The minimum atomic E-state index is -1.34. The normalized spacial score (nSPS) is 15.1. The summed E-state index contributed by atoms with van der Waals surface area (Å²) in [5.41, 5.74) is 1.20. The van der Waals surface area contributed by atoms with Gasteiger partial charge in [-0.2, -0.15) is 0 Å². The first-order valence-electron chi connectivity index (χ1n) is 13.5. The number of alkyl carbamates (subject to hydrolysis) is 1. The molecular formula is C31H32N6O6. The second-order valence-electron chi connectivity index (χ2n) is 9.81. The zero-order valence-electron chi connectivity index (χ0n) is 23.4. The SMILES string of the molecule is C=CCC1CC(C(=O)NCc2ccc(C(=N)NC(=O)OCc3ccccc3)cc2)n2c1ncc(N(CC=C)C(=O)O)c2=O. The van der Waals surface area contributed by atoms with Crippen molar-refractivity contribution in [3.63, 3.8) is 0 Å². The fraction of sp³-hybridized carbons (Fsp3) is 0.226. The van der Waals surface area contributed by atoms with Crippen LogP contribution in [0.3, 0.4) is 0 Å². The van der Waals surface area contributed by atoms with Crippen LogP contribution in [0, 0.1) is 5.41 Å². The minimum Gasteiger partial charge on any atom is -0.465 e. The number of amides is 3. The number of allylic oxidation sites excluding steroid dienone is 1. The summed E-state index contributed by atoms with van der Waals surface area (Å²) in [4.78, 5) is 55.8. The van der Waals surface area contributed by atoms with E-state index in [1.807, 2.05) is 30.3 Å². The van der Waals surface area contributed by atoms with Crippen LogP contribution in [0.4, 0.5) is 15.3 Å². The van der Waals surface area contributed by atoms with Gasteiger partial charge in [-0.1, -0.05) is 66.7 Å². The maximum absolute atomic E-state index is 13.4. The summed E-state index contributed by atoms with van der Waals surface area (Å²) in [6.45, 7) is 7.40. The Morgan fingerprint density at radius 2 is 1.81 bits per heavy atom. The van der Waals surface area contributed by atoms with Crippen molar-refractivity contribution in [2.24, 2.45) is 0 Å². The smallest absolute Gasteiger partial charge is 0.413 e. The number of benzene rings is 2. The van der Waals surface area contributed by atoms with Gasteiger partial charge in [0.2, 0.25) is 5.91 Å². The summed E-state index contributed by atoms with van der Waals surface area (Å²) < 4.78 is 6.42. The monoisotopic (exact) mass is 584 g/mol. The molecule has 0 bridgehead atoms. The van der Waals surface area contributed by atoms with Crippen molar-refractivity contribution in [1.82, 2.24) is 20.2 Å². The highest BCUT2D eigenvalue weighted by atomic mass is 16.5. The number of aromatic nitrogens is 2. The van der Waals surface area contributed by atoms with E-state index in [-0.39, 0.29) is 37.1 Å². The van der Waals surface area contributed by atoms with Crippen molar-refractivity contribution in [2.45, 2.75) is 38.0 Å². The maximum Gasteiger partial charge on any atom is 0.413 e. The van der Waals surface area contributed by atoms with Crippen LogP contribution in [-0.4, -0.2) is 45.1 Å². The molecule has 0 radical (unpaired) electrons. The van der Waals surface area contributed by atoms with Crippen LogP contribution in [0.2, 0.25) is 0 Å². The van der Waals surface area contributed by atoms with Gasteiger partial charge in [0, 0.05) is 24.6 Å². The van der Waals surface area contributed by atoms with Gasteiger partial charge >= 0.3 is 12.2 Å². The lowest BCUT2D eigenvalue weighted by Gasteiger charge is -2.19. The molecule has 1 aliphatic heterocycles. The number of amidine groups is 1. The number of ether oxygens (including phenoxy) is 1. The average Bonchev–Trinajstić information content (AvgIpc) is 3.38. The molecule has 2 aromatic carbocycles. The Morgan fingerprint density at radius 3 is 2.47 bits per heavy atom. The molecule has 0 saturated heterocycles. The Labute approximate surface area is 247 Å². The Bertz CT molecular complexity index is 1580. The predicted molar refractivity (Wildman–Crippen MR) is 160 cm³/mol. The fourth-order valence-electron chi connectivity index (χ4n) is 4.81. The van der Waals surface area contributed by atoms with Gasteiger partial charge in [-0.15, -0.1) is 13.2 Å². The third kappa shape index (κ3) is 7.22. The topological polar surface area (TPSA) is 167 Å². The van der Waals surface area contributed by atoms with Crippen LogP contribution < -0.4 is 21.1 Å². The Morgan fingerprint density at radius 1 is 1.09 bits per heavy atom. The molecule has 12 nitrogen and oxygen atoms in total. The first-order chi connectivity index (χ1) is 20.7. The van der Waals surface area contributed by atoms with E-state index in [0.717, 1.165) is 16.0 Å². The summed E-state index contributed by atoms with van der Waals surface area (Å²) in [6.07, 6.45) is 2.98. The molecule has 0 saturated carbocycles. The van der Waals surface area contributed by atoms with Crippen LogP contribution in [0.15, 0.2) is 90.9 Å². The van der Waals surface area contributed by atoms with E-state index in [9.17, 15) is 24.3 Å². The molecule has 3 amide bonds. The van der Waals surface area contributed by atoms with Gasteiger partial charge < -0.3 is 15.2 Å². The summed E-state index contributed by atoms with van der Waals surface area (Å²) in [7, 11) is 0. The number of carboxylic acid groups (broad SMARTS) is 1. The van der Waals surface area contributed by atoms with E-state index in [2.05, 4.69) is 28.8 Å². The van der Waals surface area contributed by atoms with Crippen molar-refractivity contribution < 1.29 is 24.2 Å². The third-order valence-electron chi connectivity index (χ3n) is 6.92. The van der Waals surface area contributed by atoms with Crippen molar-refractivity contribution in [3.05, 3.63) is 119 Å². The number of carbonyl (C=O) groups excluding carboxylic acids is 2. The number of nitrogens with one attached hydrogen (secondary N) is 3. The minimum absolute atomic E-state index is 0.0779. The molecule has 12 heteroatoms. The maximum atomic E-state index is 13.4. The lowest BCUT2D eigenvalue weighted by atomic mass is 10.00. The standard InChI is InChI=1S/C31H32N6O6/c1-3-8-23-16-24(37-27(23)33-18-25(29(37)39)36(15-4-2)31(41)42)28(38)34-17-20-11-13-22(14-12-20)26(32)35-30(40)43-19-21-9-6-5-7-10-21/h3-7,9-14,18,23-24H,1-2,8,15-17,19H2,(H,34,38)(H,41,42)(H2,32,35,40). The molecule has 0 spiro atoms. The molecule has 43 heavy (non-hydrogen) atoms. The number of hydrogen-bond acceptors (Lipinski definition) is 7. The van der Waals surface area contributed by atoms with Gasteiger partial charge in [0.25, 0.3) is 5.56 Å². The molecule has 2 heterocycles. The number of rotatable bonds is 11. The quantitative estimate of drug-likeness (QED) is 0.150. The van der Waals surface area contributed by atoms with Crippen LogP contribution >= 0.6 is 0 Å². The largest absolute Gasteiger partial charge is 0.465 e. The van der Waals surface area contributed by atoms with Gasteiger partial charge in [-0.05, 0) is 24.0 Å². The predicted octanol–water partition coefficient (Wildman–Crippen LogP) is 4.09. The summed E-state index contributed by atoms with van der Waals surface area (Å²) in [6, 6.07) is 15.0.